The van der Waals surface area contributed by atoms with Gasteiger partial charge in [-0.15, -0.1) is 0 Å². The lowest BCUT2D eigenvalue weighted by Crippen LogP contribution is -2.41. The summed E-state index contributed by atoms with van der Waals surface area (Å²) in [5.74, 6) is 0.200. The Morgan fingerprint density at radius 2 is 1.61 bits per heavy atom. The molecule has 0 radical (unpaired) electrons. The number of rotatable bonds is 9. The number of nitrogens with one attached hydrogen (secondary N) is 1. The second-order valence-electron chi connectivity index (χ2n) is 6.81. The number of amides is 1. The highest BCUT2D eigenvalue weighted by molar-refractivity contribution is 7.92. The van der Waals surface area contributed by atoms with E-state index in [9.17, 15) is 13.2 Å². The zero-order valence-electron chi connectivity index (χ0n) is 17.0. The normalized spacial score (nSPS) is 11.0. The summed E-state index contributed by atoms with van der Waals surface area (Å²) in [6, 6.07) is 21.9. The van der Waals surface area contributed by atoms with Gasteiger partial charge in [0.1, 0.15) is 18.9 Å². The van der Waals surface area contributed by atoms with Crippen LogP contribution in [0.1, 0.15) is 5.56 Å². The van der Waals surface area contributed by atoms with Gasteiger partial charge in [-0.1, -0.05) is 47.5 Å². The van der Waals surface area contributed by atoms with E-state index in [2.05, 4.69) is 5.32 Å². The van der Waals surface area contributed by atoms with Crippen molar-refractivity contribution in [3.8, 4) is 5.75 Å². The lowest BCUT2D eigenvalue weighted by molar-refractivity contribution is -0.119. The van der Waals surface area contributed by atoms with Crippen LogP contribution in [0.25, 0.3) is 0 Å². The third kappa shape index (κ3) is 6.23. The molecular formula is C23H23ClN2O4S. The van der Waals surface area contributed by atoms with Crippen molar-refractivity contribution in [2.45, 2.75) is 11.8 Å². The molecule has 6 nitrogen and oxygen atoms in total. The Balaban J connectivity index is 1.67. The van der Waals surface area contributed by atoms with Gasteiger partial charge in [0.05, 0.1) is 17.1 Å². The monoisotopic (exact) mass is 458 g/mol. The van der Waals surface area contributed by atoms with Crippen molar-refractivity contribution >= 4 is 33.2 Å². The van der Waals surface area contributed by atoms with Gasteiger partial charge in [0, 0.05) is 5.02 Å². The van der Waals surface area contributed by atoms with Crippen LogP contribution in [-0.2, 0) is 14.8 Å². The Hall–Kier alpha value is -3.03. The van der Waals surface area contributed by atoms with Gasteiger partial charge in [-0.3, -0.25) is 9.10 Å². The lowest BCUT2D eigenvalue weighted by Gasteiger charge is -2.24. The number of hydrogen-bond donors (Lipinski definition) is 1. The van der Waals surface area contributed by atoms with Crippen molar-refractivity contribution < 1.29 is 17.9 Å². The molecule has 0 fully saturated rings. The van der Waals surface area contributed by atoms with E-state index >= 15 is 0 Å². The highest BCUT2D eigenvalue weighted by atomic mass is 35.5. The van der Waals surface area contributed by atoms with E-state index in [1.807, 2.05) is 6.92 Å². The molecule has 0 aliphatic heterocycles. The summed E-state index contributed by atoms with van der Waals surface area (Å²) >= 11 is 5.84. The number of aryl methyl sites for hydroxylation is 1. The van der Waals surface area contributed by atoms with Crippen LogP contribution in [0, 0.1) is 6.92 Å². The van der Waals surface area contributed by atoms with Crippen LogP contribution in [0.2, 0.25) is 5.02 Å². The number of benzene rings is 3. The first-order chi connectivity index (χ1) is 14.9. The first-order valence-corrected chi connectivity index (χ1v) is 11.5. The maximum Gasteiger partial charge on any atom is 0.264 e. The standard InChI is InChI=1S/C23H23ClN2O4S/c1-18-7-11-20(12-8-18)26(31(28,29)22-5-3-2-4-6-22)17-23(27)25-15-16-30-21-13-9-19(24)10-14-21/h2-14H,15-17H2,1H3,(H,25,27). The molecule has 3 aromatic rings. The highest BCUT2D eigenvalue weighted by Crippen LogP contribution is 2.23. The van der Waals surface area contributed by atoms with Crippen LogP contribution >= 0.6 is 11.6 Å². The summed E-state index contributed by atoms with van der Waals surface area (Å²) in [6.45, 7) is 2.03. The van der Waals surface area contributed by atoms with E-state index in [-0.39, 0.29) is 24.6 Å². The number of nitrogens with zero attached hydrogens (tertiary/aromatic N) is 1. The van der Waals surface area contributed by atoms with E-state index in [1.165, 1.54) is 12.1 Å². The summed E-state index contributed by atoms with van der Waals surface area (Å²) in [6.07, 6.45) is 0. The third-order valence-corrected chi connectivity index (χ3v) is 6.49. The summed E-state index contributed by atoms with van der Waals surface area (Å²) < 4.78 is 33.1. The van der Waals surface area contributed by atoms with Gasteiger partial charge in [0.25, 0.3) is 10.0 Å². The van der Waals surface area contributed by atoms with E-state index in [0.29, 0.717) is 16.5 Å². The Morgan fingerprint density at radius 1 is 0.968 bits per heavy atom. The van der Waals surface area contributed by atoms with E-state index in [4.69, 9.17) is 16.3 Å². The summed E-state index contributed by atoms with van der Waals surface area (Å²) in [5, 5.41) is 3.31. The molecule has 0 saturated carbocycles. The molecule has 0 unspecified atom stereocenters. The van der Waals surface area contributed by atoms with Crippen LogP contribution in [0.3, 0.4) is 0 Å². The topological polar surface area (TPSA) is 75.7 Å². The first kappa shape index (κ1) is 22.7. The summed E-state index contributed by atoms with van der Waals surface area (Å²) in [7, 11) is -3.91. The largest absolute Gasteiger partial charge is 0.492 e. The van der Waals surface area contributed by atoms with Crippen molar-refractivity contribution in [3.05, 3.63) is 89.4 Å². The number of halogens is 1. The fourth-order valence-electron chi connectivity index (χ4n) is 2.82. The van der Waals surface area contributed by atoms with Crippen molar-refractivity contribution in [1.82, 2.24) is 5.32 Å². The number of sulfonamides is 1. The lowest BCUT2D eigenvalue weighted by atomic mass is 10.2. The number of anilines is 1. The number of carbonyl (C=O) groups is 1. The number of carbonyl (C=O) groups excluding carboxylic acids is 1. The maximum absolute atomic E-state index is 13.2. The molecular weight excluding hydrogens is 436 g/mol. The number of ether oxygens (including phenoxy) is 1. The van der Waals surface area contributed by atoms with Crippen LogP contribution in [0.5, 0.6) is 5.75 Å². The summed E-state index contributed by atoms with van der Waals surface area (Å²) in [5.41, 5.74) is 1.41. The molecule has 1 N–H and O–H groups in total. The predicted molar refractivity (Wildman–Crippen MR) is 122 cm³/mol. The molecule has 0 atom stereocenters. The van der Waals surface area contributed by atoms with Gasteiger partial charge in [0.15, 0.2) is 0 Å². The van der Waals surface area contributed by atoms with Crippen molar-refractivity contribution in [1.29, 1.82) is 0 Å². The molecule has 0 saturated heterocycles. The minimum absolute atomic E-state index is 0.120. The van der Waals surface area contributed by atoms with Crippen LogP contribution in [-0.4, -0.2) is 34.0 Å². The van der Waals surface area contributed by atoms with E-state index < -0.39 is 15.9 Å². The van der Waals surface area contributed by atoms with Gasteiger partial charge >= 0.3 is 0 Å². The van der Waals surface area contributed by atoms with Crippen LogP contribution in [0.4, 0.5) is 5.69 Å². The van der Waals surface area contributed by atoms with Crippen molar-refractivity contribution in [3.63, 3.8) is 0 Å². The zero-order chi connectivity index (χ0) is 22.3. The van der Waals surface area contributed by atoms with Crippen LogP contribution < -0.4 is 14.4 Å². The molecule has 3 aromatic carbocycles. The van der Waals surface area contributed by atoms with E-state index in [1.54, 1.807) is 66.7 Å². The Labute approximate surface area is 187 Å². The Morgan fingerprint density at radius 3 is 2.26 bits per heavy atom. The molecule has 0 bridgehead atoms. The van der Waals surface area contributed by atoms with Gasteiger partial charge in [0.2, 0.25) is 5.91 Å². The van der Waals surface area contributed by atoms with Crippen molar-refractivity contribution in [2.24, 2.45) is 0 Å². The Kier molecular flexibility index (Phi) is 7.55. The third-order valence-electron chi connectivity index (χ3n) is 4.45. The van der Waals surface area contributed by atoms with Gasteiger partial charge in [-0.2, -0.15) is 0 Å². The molecule has 0 heterocycles. The Bertz CT molecular complexity index is 1100. The van der Waals surface area contributed by atoms with E-state index in [0.717, 1.165) is 9.87 Å². The quantitative estimate of drug-likeness (QED) is 0.491. The van der Waals surface area contributed by atoms with Gasteiger partial charge < -0.3 is 10.1 Å². The molecule has 0 aromatic heterocycles. The first-order valence-electron chi connectivity index (χ1n) is 9.66. The molecule has 0 spiro atoms. The smallest absolute Gasteiger partial charge is 0.264 e. The minimum Gasteiger partial charge on any atom is -0.492 e. The molecule has 0 aliphatic carbocycles. The molecule has 8 heteroatoms. The van der Waals surface area contributed by atoms with Crippen LogP contribution in [0.15, 0.2) is 83.8 Å². The molecule has 3 rings (SSSR count). The predicted octanol–water partition coefficient (Wildman–Crippen LogP) is 4.04. The molecule has 162 valence electrons. The molecule has 1 amide bonds. The average molecular weight is 459 g/mol. The second kappa shape index (κ2) is 10.3. The maximum atomic E-state index is 13.2. The molecule has 0 aliphatic rings. The zero-order valence-corrected chi connectivity index (χ0v) is 18.6. The second-order valence-corrected chi connectivity index (χ2v) is 9.11. The van der Waals surface area contributed by atoms with Crippen molar-refractivity contribution in [2.75, 3.05) is 24.0 Å². The van der Waals surface area contributed by atoms with Gasteiger partial charge in [-0.05, 0) is 55.5 Å². The molecule has 31 heavy (non-hydrogen) atoms. The average Bonchev–Trinajstić information content (AvgIpc) is 2.77. The highest BCUT2D eigenvalue weighted by Gasteiger charge is 2.26. The number of hydrogen-bond acceptors (Lipinski definition) is 4. The fourth-order valence-corrected chi connectivity index (χ4v) is 4.39. The fraction of sp³-hybridized carbons (Fsp3) is 0.174. The SMILES string of the molecule is Cc1ccc(N(CC(=O)NCCOc2ccc(Cl)cc2)S(=O)(=O)c2ccccc2)cc1. The summed E-state index contributed by atoms with van der Waals surface area (Å²) in [4.78, 5) is 12.7. The van der Waals surface area contributed by atoms with Gasteiger partial charge in [-0.25, -0.2) is 8.42 Å². The minimum atomic E-state index is -3.91.